The number of nitrogens with one attached hydrogen (secondary N) is 2. The minimum atomic E-state index is -2.49. The Balaban J connectivity index is 1.42. The molecule has 19 nitrogen and oxygen atoms in total. The second-order valence-corrected chi connectivity index (χ2v) is 18.8. The molecule has 2 saturated carbocycles. The van der Waals surface area contributed by atoms with Crippen LogP contribution in [0.15, 0.2) is 102 Å². The Morgan fingerprint density at radius 3 is 2.00 bits per heavy atom. The molecule has 3 aliphatic carbocycles. The highest BCUT2D eigenvalue weighted by Gasteiger charge is 2.78. The maximum absolute atomic E-state index is 15.7. The Morgan fingerprint density at radius 2 is 1.44 bits per heavy atom. The van der Waals surface area contributed by atoms with E-state index in [0.29, 0.717) is 0 Å². The lowest BCUT2D eigenvalue weighted by Crippen LogP contribution is -2.82. The van der Waals surface area contributed by atoms with Gasteiger partial charge in [0.05, 0.1) is 36.2 Å². The van der Waals surface area contributed by atoms with Crippen molar-refractivity contribution in [3.63, 3.8) is 0 Å². The summed E-state index contributed by atoms with van der Waals surface area (Å²) < 4.78 is 36.4. The molecule has 1 unspecified atom stereocenters. The van der Waals surface area contributed by atoms with Crippen molar-refractivity contribution in [1.29, 1.82) is 0 Å². The van der Waals surface area contributed by atoms with E-state index in [-0.39, 0.29) is 40.9 Å². The molecule has 1 aliphatic heterocycles. The fourth-order valence-corrected chi connectivity index (χ4v) is 10.7. The first-order valence-electron chi connectivity index (χ1n) is 22.8. The number of esters is 5. The second kappa shape index (κ2) is 19.9. The predicted octanol–water partition coefficient (Wildman–Crippen LogP) is 2.36. The Morgan fingerprint density at radius 1 is 0.843 bits per heavy atom. The van der Waals surface area contributed by atoms with Crippen LogP contribution < -0.4 is 16.4 Å². The van der Waals surface area contributed by atoms with Gasteiger partial charge >= 0.3 is 29.8 Å². The van der Waals surface area contributed by atoms with E-state index >= 15 is 9.59 Å². The van der Waals surface area contributed by atoms with Crippen LogP contribution >= 0.6 is 0 Å². The van der Waals surface area contributed by atoms with Crippen LogP contribution in [0.1, 0.15) is 86.7 Å². The summed E-state index contributed by atoms with van der Waals surface area (Å²) in [5, 5.41) is 31.1. The molecule has 1 heterocycles. The molecule has 3 fully saturated rings. The van der Waals surface area contributed by atoms with Crippen molar-refractivity contribution < 1.29 is 77.0 Å². The minimum Gasteiger partial charge on any atom is -0.455 e. The summed E-state index contributed by atoms with van der Waals surface area (Å²) in [6, 6.07) is 22.2. The zero-order chi connectivity index (χ0) is 50.9. The molecule has 0 radical (unpaired) electrons. The fourth-order valence-electron chi connectivity index (χ4n) is 10.7. The molecule has 372 valence electrons. The molecule has 0 aromatic heterocycles. The number of fused-ring (bicyclic) bond motifs is 5. The zero-order valence-corrected chi connectivity index (χ0v) is 39.5. The molecule has 2 bridgehead atoms. The molecule has 1 saturated heterocycles. The van der Waals surface area contributed by atoms with Crippen LogP contribution in [-0.4, -0.2) is 125 Å². The Bertz CT molecular complexity index is 2570. The van der Waals surface area contributed by atoms with Gasteiger partial charge in [-0.25, -0.2) is 9.59 Å². The van der Waals surface area contributed by atoms with Gasteiger partial charge in [-0.2, -0.15) is 0 Å². The number of rotatable bonds is 14. The third-order valence-electron chi connectivity index (χ3n) is 14.3. The van der Waals surface area contributed by atoms with E-state index in [9.17, 15) is 39.0 Å². The molecule has 2 amide bonds. The third kappa shape index (κ3) is 9.21. The Hall–Kier alpha value is -6.80. The van der Waals surface area contributed by atoms with Crippen molar-refractivity contribution >= 4 is 47.4 Å². The Kier molecular flexibility index (Phi) is 14.5. The third-order valence-corrected chi connectivity index (χ3v) is 14.3. The highest BCUT2D eigenvalue weighted by molar-refractivity contribution is 5.96. The van der Waals surface area contributed by atoms with Crippen molar-refractivity contribution in [2.45, 2.75) is 108 Å². The number of hydrogen-bond acceptors (Lipinski definition) is 17. The van der Waals surface area contributed by atoms with Crippen LogP contribution in [0.25, 0.3) is 0 Å². The molecule has 19 heteroatoms. The molecule has 6 N–H and O–H groups in total. The smallest absolute Gasteiger partial charge is 0.350 e. The molecule has 3 aromatic carbocycles. The summed E-state index contributed by atoms with van der Waals surface area (Å²) in [4.78, 5) is 111. The van der Waals surface area contributed by atoms with E-state index in [4.69, 9.17) is 34.2 Å². The number of Topliss-reactive ketones (excluding diaryl/α,β-unsaturated/α-hetero) is 1. The molecule has 3 aromatic rings. The number of hydrogen-bond donors (Lipinski definition) is 5. The largest absolute Gasteiger partial charge is 0.455 e. The van der Waals surface area contributed by atoms with Crippen molar-refractivity contribution in [3.05, 3.63) is 119 Å². The van der Waals surface area contributed by atoms with Crippen LogP contribution in [0.3, 0.4) is 0 Å². The average molecular weight is 968 g/mol. The van der Waals surface area contributed by atoms with Crippen molar-refractivity contribution in [3.8, 4) is 0 Å². The van der Waals surface area contributed by atoms with Crippen molar-refractivity contribution in [2.24, 2.45) is 22.5 Å². The number of ketones is 1. The number of ether oxygens (including phenoxy) is 6. The van der Waals surface area contributed by atoms with Crippen molar-refractivity contribution in [1.82, 2.24) is 10.6 Å². The van der Waals surface area contributed by atoms with E-state index in [2.05, 4.69) is 10.6 Å². The normalized spacial score (nSPS) is 29.4. The molecular weight excluding hydrogens is 911 g/mol. The van der Waals surface area contributed by atoms with E-state index in [1.807, 2.05) is 0 Å². The molecular formula is C51H57N3O16. The lowest BCUT2D eigenvalue weighted by molar-refractivity contribution is -0.346. The minimum absolute atomic E-state index is 0.0265. The van der Waals surface area contributed by atoms with Crippen LogP contribution in [0.2, 0.25) is 0 Å². The van der Waals surface area contributed by atoms with E-state index < -0.39 is 138 Å². The van der Waals surface area contributed by atoms with E-state index in [1.54, 1.807) is 66.7 Å². The van der Waals surface area contributed by atoms with Crippen LogP contribution in [0.4, 0.5) is 0 Å². The average Bonchev–Trinajstić information content (AvgIpc) is 3.33. The van der Waals surface area contributed by atoms with Gasteiger partial charge in [0.1, 0.15) is 36.5 Å². The van der Waals surface area contributed by atoms with Gasteiger partial charge in [-0.3, -0.25) is 28.8 Å². The lowest BCUT2D eigenvalue weighted by Gasteiger charge is -2.67. The number of amides is 2. The molecule has 70 heavy (non-hydrogen) atoms. The summed E-state index contributed by atoms with van der Waals surface area (Å²) in [5.74, 6) is -9.11. The van der Waals surface area contributed by atoms with Gasteiger partial charge < -0.3 is 55.0 Å². The Labute approximate surface area is 403 Å². The first-order valence-corrected chi connectivity index (χ1v) is 22.8. The van der Waals surface area contributed by atoms with Crippen LogP contribution in [0, 0.1) is 16.7 Å². The molecule has 0 spiro atoms. The predicted molar refractivity (Wildman–Crippen MR) is 244 cm³/mol. The second-order valence-electron chi connectivity index (χ2n) is 18.8. The van der Waals surface area contributed by atoms with Gasteiger partial charge in [0, 0.05) is 37.7 Å². The monoisotopic (exact) mass is 967 g/mol. The molecule has 7 rings (SSSR count). The van der Waals surface area contributed by atoms with Gasteiger partial charge in [-0.05, 0) is 54.8 Å². The summed E-state index contributed by atoms with van der Waals surface area (Å²) in [6.07, 6.45) is -11.1. The first kappa shape index (κ1) is 51.1. The fraction of sp³-hybridized carbons (Fsp3) is 0.451. The standard InChI is InChI=1S/C51H57N3O16/c1-27-33(67-47(63)41(68-37(59)25-53-36(58)24-52)39(30-16-10-7-11-17-30)54-45(61)31-18-12-8-13-19-31)23-51(64)44(69-46(62)32-20-14-9-15-21-32)42-49(6,34(57)22-35-50(42,26-65-35)70-29(3)56)43(60)40(66-28(2)55)38(27)48(51,4)5/h7-21,33-35,39-42,44,57,64H,22-26,52H2,1-6H3,(H,53,58)(H,54,61)/t33-,34-,35+,39-,40+,41+,42?,44-,49+,50-,51+/m0/s1. The molecule has 4 aliphatic rings. The number of carbonyl (C=O) groups excluding carboxylic acids is 8. The van der Waals surface area contributed by atoms with Gasteiger partial charge in [-0.15, -0.1) is 0 Å². The van der Waals surface area contributed by atoms with Gasteiger partial charge in [0.2, 0.25) is 12.0 Å². The highest BCUT2D eigenvalue weighted by atomic mass is 16.6. The number of aliphatic hydroxyl groups is 2. The molecule has 11 atom stereocenters. The number of carbonyl (C=O) groups is 8. The van der Waals surface area contributed by atoms with E-state index in [0.717, 1.165) is 13.8 Å². The van der Waals surface area contributed by atoms with E-state index in [1.165, 1.54) is 52.0 Å². The van der Waals surface area contributed by atoms with Crippen LogP contribution in [-0.2, 0) is 57.2 Å². The quantitative estimate of drug-likeness (QED) is 0.0881. The number of aliphatic hydroxyl groups excluding tert-OH is 1. The summed E-state index contributed by atoms with van der Waals surface area (Å²) >= 11 is 0. The van der Waals surface area contributed by atoms with Gasteiger partial charge in [0.15, 0.2) is 17.5 Å². The van der Waals surface area contributed by atoms with Gasteiger partial charge in [-0.1, -0.05) is 80.6 Å². The van der Waals surface area contributed by atoms with Crippen molar-refractivity contribution in [2.75, 3.05) is 19.7 Å². The summed E-state index contributed by atoms with van der Waals surface area (Å²) in [5.41, 5.74) is -2.28. The zero-order valence-electron chi connectivity index (χ0n) is 39.5. The maximum Gasteiger partial charge on any atom is 0.350 e. The first-order chi connectivity index (χ1) is 33.1. The van der Waals surface area contributed by atoms with Crippen LogP contribution in [0.5, 0.6) is 0 Å². The highest BCUT2D eigenvalue weighted by Crippen LogP contribution is 2.64. The summed E-state index contributed by atoms with van der Waals surface area (Å²) in [6.45, 7) is 6.50. The topological polar surface area (TPSA) is 282 Å². The number of nitrogens with two attached hydrogens (primary N) is 1. The summed E-state index contributed by atoms with van der Waals surface area (Å²) in [7, 11) is 0. The lowest BCUT2D eigenvalue weighted by atomic mass is 9.44. The maximum atomic E-state index is 15.7. The number of benzene rings is 3. The SMILES string of the molecule is CC(=O)O[C@H]1C(=O)[C@@]2(C)C([C@H](OC(=O)c3ccccc3)[C@]3(O)C[C@H](OC(=O)[C@H](OC(=O)CNC(=O)CN)[C@@H](NC(=O)c4ccccc4)c4ccccc4)C(C)=C1C3(C)C)[C@]1(OC(C)=O)CO[C@@H]1C[C@@H]2O. The van der Waals surface area contributed by atoms with Gasteiger partial charge in [0.25, 0.3) is 5.91 Å².